The smallest absolute Gasteiger partial charge is 0.744 e. The van der Waals surface area contributed by atoms with Gasteiger partial charge in [-0.1, -0.05) is 0 Å². The second-order valence-corrected chi connectivity index (χ2v) is 5.34. The van der Waals surface area contributed by atoms with Gasteiger partial charge in [0.25, 0.3) is 0 Å². The van der Waals surface area contributed by atoms with E-state index in [1.54, 1.807) is 0 Å². The molecule has 1 rings (SSSR count). The van der Waals surface area contributed by atoms with Crippen molar-refractivity contribution in [3.63, 3.8) is 0 Å². The van der Waals surface area contributed by atoms with Gasteiger partial charge >= 0.3 is 29.6 Å². The second kappa shape index (κ2) is 5.00. The van der Waals surface area contributed by atoms with Crippen LogP contribution in [0.1, 0.15) is 0 Å². The Bertz CT molecular complexity index is 593. The number of anilines is 1. The molecule has 0 bridgehead atoms. The summed E-state index contributed by atoms with van der Waals surface area (Å²) in [4.78, 5) is -1.44. The van der Waals surface area contributed by atoms with Gasteiger partial charge in [-0.2, -0.15) is 0 Å². The minimum atomic E-state index is -4.77. The van der Waals surface area contributed by atoms with Crippen molar-refractivity contribution < 1.29 is 55.5 Å². The van der Waals surface area contributed by atoms with E-state index in [1.165, 1.54) is 0 Å². The van der Waals surface area contributed by atoms with E-state index in [4.69, 9.17) is 5.73 Å². The van der Waals surface area contributed by atoms with Crippen LogP contribution in [-0.4, -0.2) is 25.9 Å². The Balaban J connectivity index is 0.00000225. The molecule has 2 N–H and O–H groups in total. The molecule has 84 valence electrons. The van der Waals surface area contributed by atoms with Crippen molar-refractivity contribution in [1.29, 1.82) is 0 Å². The standard InChI is InChI=1S/C6H7NO6S2.Na/c7-5-3-4(14(8,9)10)1-2-6(5)15(11,12)13;/h1-3H,7H2,(H,8,9,10)(H,11,12,13);/q;+1/p-2. The molecule has 0 fully saturated rings. The van der Waals surface area contributed by atoms with Gasteiger partial charge in [0.1, 0.15) is 20.2 Å². The van der Waals surface area contributed by atoms with Gasteiger partial charge in [0, 0.05) is 0 Å². The molecule has 0 aliphatic heterocycles. The minimum absolute atomic E-state index is 0. The molecular formula is C6H5NNaO6S2-. The van der Waals surface area contributed by atoms with Crippen molar-refractivity contribution in [2.24, 2.45) is 0 Å². The van der Waals surface area contributed by atoms with Crippen molar-refractivity contribution in [3.8, 4) is 0 Å². The van der Waals surface area contributed by atoms with Crippen molar-refractivity contribution in [3.05, 3.63) is 18.2 Å². The Morgan fingerprint density at radius 1 is 1.00 bits per heavy atom. The first-order chi connectivity index (χ1) is 6.62. The van der Waals surface area contributed by atoms with Crippen LogP contribution in [0.3, 0.4) is 0 Å². The van der Waals surface area contributed by atoms with E-state index in [2.05, 4.69) is 0 Å². The average Bonchev–Trinajstić information content (AvgIpc) is 1.99. The minimum Gasteiger partial charge on any atom is -0.744 e. The first-order valence-electron chi connectivity index (χ1n) is 3.43. The third-order valence-corrected chi connectivity index (χ3v) is 3.28. The Morgan fingerprint density at radius 3 is 1.81 bits per heavy atom. The quantitative estimate of drug-likeness (QED) is 0.330. The zero-order chi connectivity index (χ0) is 11.9. The molecule has 0 radical (unpaired) electrons. The van der Waals surface area contributed by atoms with E-state index in [-0.39, 0.29) is 29.6 Å². The molecule has 0 aliphatic carbocycles. The second-order valence-electron chi connectivity index (χ2n) is 2.61. The van der Waals surface area contributed by atoms with Crippen LogP contribution in [-0.2, 0) is 20.2 Å². The average molecular weight is 274 g/mol. The molecular weight excluding hydrogens is 269 g/mol. The molecule has 0 saturated heterocycles. The Kier molecular flexibility index (Phi) is 4.95. The maximum absolute atomic E-state index is 10.6. The maximum atomic E-state index is 10.6. The van der Waals surface area contributed by atoms with Crippen molar-refractivity contribution in [2.75, 3.05) is 5.73 Å². The van der Waals surface area contributed by atoms with Crippen LogP contribution in [0.25, 0.3) is 0 Å². The van der Waals surface area contributed by atoms with Crippen LogP contribution in [0, 0.1) is 0 Å². The van der Waals surface area contributed by atoms with E-state index >= 15 is 0 Å². The van der Waals surface area contributed by atoms with Gasteiger partial charge < -0.3 is 14.8 Å². The van der Waals surface area contributed by atoms with Crippen LogP contribution in [0.15, 0.2) is 28.0 Å². The third-order valence-electron chi connectivity index (χ3n) is 1.54. The zero-order valence-electron chi connectivity index (χ0n) is 8.08. The van der Waals surface area contributed by atoms with Gasteiger partial charge in [0.05, 0.1) is 15.5 Å². The molecule has 0 spiro atoms. The van der Waals surface area contributed by atoms with Gasteiger partial charge in [0.15, 0.2) is 0 Å². The topological polar surface area (TPSA) is 140 Å². The normalized spacial score (nSPS) is 11.9. The summed E-state index contributed by atoms with van der Waals surface area (Å²) in [6.07, 6.45) is 0. The molecule has 0 heterocycles. The maximum Gasteiger partial charge on any atom is 1.00 e. The first-order valence-corrected chi connectivity index (χ1v) is 6.25. The summed E-state index contributed by atoms with van der Waals surface area (Å²) in [5, 5.41) is 0. The molecule has 16 heavy (non-hydrogen) atoms. The van der Waals surface area contributed by atoms with Crippen LogP contribution in [0.4, 0.5) is 5.69 Å². The van der Waals surface area contributed by atoms with Crippen LogP contribution < -0.4 is 35.3 Å². The summed E-state index contributed by atoms with van der Waals surface area (Å²) >= 11 is 0. The molecule has 7 nitrogen and oxygen atoms in total. The summed E-state index contributed by atoms with van der Waals surface area (Å²) in [6.45, 7) is 0. The van der Waals surface area contributed by atoms with Gasteiger partial charge in [-0.3, -0.25) is 0 Å². The molecule has 0 aromatic heterocycles. The fourth-order valence-corrected chi connectivity index (χ4v) is 2.00. The first kappa shape index (κ1) is 15.8. The number of nitrogen functional groups attached to an aromatic ring is 1. The van der Waals surface area contributed by atoms with Crippen molar-refractivity contribution >= 4 is 25.9 Å². The number of benzene rings is 1. The van der Waals surface area contributed by atoms with E-state index in [9.17, 15) is 25.9 Å². The molecule has 0 unspecified atom stereocenters. The van der Waals surface area contributed by atoms with Crippen LogP contribution in [0.5, 0.6) is 0 Å². The summed E-state index contributed by atoms with van der Waals surface area (Å²) in [7, 11) is -9.48. The molecule has 0 amide bonds. The Morgan fingerprint density at radius 2 is 1.50 bits per heavy atom. The van der Waals surface area contributed by atoms with Crippen LogP contribution in [0.2, 0.25) is 0 Å². The Hall–Kier alpha value is -0.160. The van der Waals surface area contributed by atoms with Crippen molar-refractivity contribution in [1.82, 2.24) is 0 Å². The molecule has 0 aliphatic rings. The SMILES string of the molecule is Nc1cc(S(=O)(=O)[O-])ccc1S(=O)(=O)[O-].[Na+]. The number of nitrogens with two attached hydrogens (primary N) is 1. The molecule has 1 aromatic rings. The van der Waals surface area contributed by atoms with Gasteiger partial charge in [-0.25, -0.2) is 16.8 Å². The molecule has 0 atom stereocenters. The van der Waals surface area contributed by atoms with Gasteiger partial charge in [0.2, 0.25) is 0 Å². The number of hydrogen-bond acceptors (Lipinski definition) is 7. The van der Waals surface area contributed by atoms with E-state index in [0.29, 0.717) is 18.2 Å². The summed E-state index contributed by atoms with van der Waals surface area (Å²) in [5.41, 5.74) is 4.55. The fraction of sp³-hybridized carbons (Fsp3) is 0. The predicted octanol–water partition coefficient (Wildman–Crippen LogP) is -3.92. The molecule has 0 saturated carbocycles. The van der Waals surface area contributed by atoms with E-state index in [0.717, 1.165) is 0 Å². The molecule has 10 heteroatoms. The monoisotopic (exact) mass is 274 g/mol. The van der Waals surface area contributed by atoms with Gasteiger partial charge in [-0.15, -0.1) is 0 Å². The number of hydrogen-bond donors (Lipinski definition) is 1. The van der Waals surface area contributed by atoms with E-state index in [1.807, 2.05) is 0 Å². The zero-order valence-corrected chi connectivity index (χ0v) is 11.7. The summed E-state index contributed by atoms with van der Waals surface area (Å²) in [6, 6.07) is 2.03. The van der Waals surface area contributed by atoms with Crippen LogP contribution >= 0.6 is 0 Å². The predicted molar refractivity (Wildman–Crippen MR) is 46.8 cm³/mol. The third kappa shape index (κ3) is 3.70. The Labute approximate surface area is 114 Å². The van der Waals surface area contributed by atoms with Crippen molar-refractivity contribution in [2.45, 2.75) is 9.79 Å². The largest absolute Gasteiger partial charge is 1.00 e. The summed E-state index contributed by atoms with van der Waals surface area (Å²) in [5.74, 6) is 0. The fourth-order valence-electron chi connectivity index (χ4n) is 0.910. The summed E-state index contributed by atoms with van der Waals surface area (Å²) < 4.78 is 63.2. The van der Waals surface area contributed by atoms with Gasteiger partial charge in [-0.05, 0) is 18.2 Å². The molecule has 1 aromatic carbocycles. The number of rotatable bonds is 2. The van der Waals surface area contributed by atoms with E-state index < -0.39 is 35.7 Å².